The largest absolute Gasteiger partial charge is 0.480 e. The summed E-state index contributed by atoms with van der Waals surface area (Å²) >= 11 is 0. The van der Waals surface area contributed by atoms with Crippen molar-refractivity contribution in [2.24, 2.45) is 11.7 Å². The molecule has 2 rings (SSSR count). The molecule has 1 aromatic heterocycles. The van der Waals surface area contributed by atoms with Gasteiger partial charge in [-0.15, -0.1) is 0 Å². The smallest absolute Gasteiger partial charge is 0.328 e. The number of aliphatic carboxylic acids is 1. The van der Waals surface area contributed by atoms with Gasteiger partial charge in [-0.2, -0.15) is 0 Å². The fourth-order valence-electron chi connectivity index (χ4n) is 3.49. The van der Waals surface area contributed by atoms with E-state index in [1.807, 2.05) is 24.3 Å². The molecule has 5 unspecified atom stereocenters. The van der Waals surface area contributed by atoms with Crippen LogP contribution in [-0.4, -0.2) is 81.4 Å². The minimum Gasteiger partial charge on any atom is -0.480 e. The van der Waals surface area contributed by atoms with Crippen LogP contribution in [0.4, 0.5) is 0 Å². The van der Waals surface area contributed by atoms with Crippen LogP contribution >= 0.6 is 0 Å². The maximum Gasteiger partial charge on any atom is 0.328 e. The molecule has 2 aromatic rings. The summed E-state index contributed by atoms with van der Waals surface area (Å²) in [5.41, 5.74) is 7.17. The van der Waals surface area contributed by atoms with E-state index in [-0.39, 0.29) is 6.42 Å². The van der Waals surface area contributed by atoms with E-state index in [9.17, 15) is 29.4 Å². The number of carboxylic acid groups (broad SMARTS) is 1. The highest BCUT2D eigenvalue weighted by atomic mass is 16.4. The lowest BCUT2D eigenvalue weighted by Crippen LogP contribution is -2.59. The number of rotatable bonds is 13. The number of carboxylic acids is 1. The normalized spacial score (nSPS) is 15.5. The highest BCUT2D eigenvalue weighted by molar-refractivity contribution is 5.95. The number of hydrogen-bond donors (Lipinski definition) is 8. The Morgan fingerprint density at radius 2 is 1.63 bits per heavy atom. The monoisotopic (exact) mass is 491 g/mol. The van der Waals surface area contributed by atoms with E-state index in [1.54, 1.807) is 20.0 Å². The van der Waals surface area contributed by atoms with E-state index in [1.165, 1.54) is 0 Å². The third kappa shape index (κ3) is 7.25. The van der Waals surface area contributed by atoms with Crippen molar-refractivity contribution in [3.63, 3.8) is 0 Å². The zero-order valence-electron chi connectivity index (χ0n) is 19.7. The van der Waals surface area contributed by atoms with Gasteiger partial charge in [-0.25, -0.2) is 4.79 Å². The fraction of sp³-hybridized carbons (Fsp3) is 0.478. The van der Waals surface area contributed by atoms with E-state index in [0.29, 0.717) is 6.42 Å². The van der Waals surface area contributed by atoms with Crippen molar-refractivity contribution in [1.29, 1.82) is 0 Å². The number of benzene rings is 1. The first-order valence-electron chi connectivity index (χ1n) is 11.3. The number of hydrogen-bond acceptors (Lipinski definition) is 7. The van der Waals surface area contributed by atoms with Gasteiger partial charge in [-0.1, -0.05) is 38.5 Å². The van der Waals surface area contributed by atoms with Crippen LogP contribution in [0.2, 0.25) is 0 Å². The minimum absolute atomic E-state index is 0.0585. The van der Waals surface area contributed by atoms with E-state index < -0.39 is 67.0 Å². The number of aliphatic hydroxyl groups is 2. The molecule has 0 aliphatic rings. The average molecular weight is 492 g/mol. The molecule has 0 aliphatic carbocycles. The summed E-state index contributed by atoms with van der Waals surface area (Å²) in [7, 11) is 0. The summed E-state index contributed by atoms with van der Waals surface area (Å²) in [6, 6.07) is 2.34. The van der Waals surface area contributed by atoms with Gasteiger partial charge in [-0.3, -0.25) is 14.4 Å². The highest BCUT2D eigenvalue weighted by Gasteiger charge is 2.33. The van der Waals surface area contributed by atoms with Crippen molar-refractivity contribution in [2.45, 2.75) is 50.9 Å². The Labute approximate surface area is 202 Å². The number of amides is 3. The van der Waals surface area contributed by atoms with Crippen molar-refractivity contribution in [1.82, 2.24) is 20.9 Å². The SMILES string of the molecule is CCC(C)C(NC(=O)C(Cc1c[nH]c2ccccc12)NC(=O)C(N)CO)C(=O)NC(CO)C(=O)O. The molecule has 0 aliphatic heterocycles. The summed E-state index contributed by atoms with van der Waals surface area (Å²) in [6.07, 6.45) is 2.24. The summed E-state index contributed by atoms with van der Waals surface area (Å²) in [4.78, 5) is 52.8. The van der Waals surface area contributed by atoms with Gasteiger partial charge >= 0.3 is 5.97 Å². The Kier molecular flexibility index (Phi) is 10.2. The van der Waals surface area contributed by atoms with E-state index in [0.717, 1.165) is 16.5 Å². The summed E-state index contributed by atoms with van der Waals surface area (Å²) in [5, 5.41) is 35.8. The molecule has 0 spiro atoms. The fourth-order valence-corrected chi connectivity index (χ4v) is 3.49. The number of carbonyl (C=O) groups excluding carboxylic acids is 3. The molecule has 0 bridgehead atoms. The first kappa shape index (κ1) is 27.8. The van der Waals surface area contributed by atoms with Crippen molar-refractivity contribution in [3.8, 4) is 0 Å². The van der Waals surface area contributed by atoms with Crippen LogP contribution in [0.1, 0.15) is 25.8 Å². The lowest BCUT2D eigenvalue weighted by atomic mass is 9.96. The Morgan fingerprint density at radius 3 is 2.23 bits per heavy atom. The molecule has 0 fully saturated rings. The predicted molar refractivity (Wildman–Crippen MR) is 127 cm³/mol. The van der Waals surface area contributed by atoms with E-state index in [2.05, 4.69) is 20.9 Å². The van der Waals surface area contributed by atoms with Crippen molar-refractivity contribution in [3.05, 3.63) is 36.0 Å². The number of para-hydroxylation sites is 1. The lowest BCUT2D eigenvalue weighted by molar-refractivity contribution is -0.143. The Bertz CT molecular complexity index is 1040. The molecule has 3 amide bonds. The van der Waals surface area contributed by atoms with Gasteiger partial charge in [0.1, 0.15) is 24.2 Å². The molecule has 12 heteroatoms. The van der Waals surface area contributed by atoms with Crippen LogP contribution in [0.5, 0.6) is 0 Å². The molecule has 0 radical (unpaired) electrons. The number of H-pyrrole nitrogens is 1. The average Bonchev–Trinajstić information content (AvgIpc) is 3.26. The van der Waals surface area contributed by atoms with Gasteiger partial charge in [0.25, 0.3) is 0 Å². The first-order valence-corrected chi connectivity index (χ1v) is 11.3. The number of aromatic amines is 1. The van der Waals surface area contributed by atoms with Gasteiger partial charge in [0.2, 0.25) is 17.7 Å². The maximum absolute atomic E-state index is 13.3. The molecular formula is C23H33N5O7. The lowest BCUT2D eigenvalue weighted by Gasteiger charge is -2.27. The van der Waals surface area contributed by atoms with Gasteiger partial charge in [-0.05, 0) is 17.5 Å². The second-order valence-corrected chi connectivity index (χ2v) is 8.37. The van der Waals surface area contributed by atoms with Crippen LogP contribution in [0.15, 0.2) is 30.5 Å². The van der Waals surface area contributed by atoms with Gasteiger partial charge in [0.05, 0.1) is 13.2 Å². The van der Waals surface area contributed by atoms with E-state index in [4.69, 9.17) is 10.8 Å². The molecule has 1 heterocycles. The van der Waals surface area contributed by atoms with Crippen molar-refractivity contribution >= 4 is 34.6 Å². The van der Waals surface area contributed by atoms with Crippen LogP contribution in [0.25, 0.3) is 10.9 Å². The minimum atomic E-state index is -1.53. The number of nitrogens with one attached hydrogen (secondary N) is 4. The van der Waals surface area contributed by atoms with Crippen LogP contribution in [0.3, 0.4) is 0 Å². The third-order valence-electron chi connectivity index (χ3n) is 5.86. The summed E-state index contributed by atoms with van der Waals surface area (Å²) < 4.78 is 0. The third-order valence-corrected chi connectivity index (χ3v) is 5.86. The van der Waals surface area contributed by atoms with Gasteiger partial charge in [0.15, 0.2) is 0 Å². The molecule has 5 atom stereocenters. The number of aliphatic hydroxyl groups excluding tert-OH is 2. The maximum atomic E-state index is 13.3. The second kappa shape index (κ2) is 12.8. The second-order valence-electron chi connectivity index (χ2n) is 8.37. The Balaban J connectivity index is 2.30. The van der Waals surface area contributed by atoms with Crippen molar-refractivity contribution < 1.29 is 34.5 Å². The standard InChI is InChI=1S/C23H33N5O7/c1-3-12(2)19(22(33)27-18(11-30)23(34)35)28-21(32)17(26-20(31)15(24)10-29)8-13-9-25-16-7-5-4-6-14(13)16/h4-7,9,12,15,17-19,25,29-30H,3,8,10-11,24H2,1-2H3,(H,26,31)(H,27,33)(H,28,32)(H,34,35). The van der Waals surface area contributed by atoms with Gasteiger partial charge in [0, 0.05) is 23.5 Å². The number of aromatic nitrogens is 1. The van der Waals surface area contributed by atoms with Crippen molar-refractivity contribution in [2.75, 3.05) is 13.2 Å². The topological polar surface area (TPSA) is 207 Å². The Hall–Kier alpha value is -3.48. The quantitative estimate of drug-likeness (QED) is 0.167. The van der Waals surface area contributed by atoms with Crippen LogP contribution in [0, 0.1) is 5.92 Å². The van der Waals surface area contributed by atoms with Gasteiger partial charge < -0.3 is 42.0 Å². The molecule has 192 valence electrons. The molecule has 9 N–H and O–H groups in total. The molecule has 35 heavy (non-hydrogen) atoms. The van der Waals surface area contributed by atoms with E-state index >= 15 is 0 Å². The zero-order chi connectivity index (χ0) is 26.1. The molecule has 0 saturated carbocycles. The number of nitrogens with two attached hydrogens (primary N) is 1. The molecule has 1 aromatic carbocycles. The molecular weight excluding hydrogens is 458 g/mol. The molecule has 0 saturated heterocycles. The Morgan fingerprint density at radius 1 is 0.971 bits per heavy atom. The summed E-state index contributed by atoms with van der Waals surface area (Å²) in [5.74, 6) is -4.03. The van der Waals surface area contributed by atoms with Crippen LogP contribution in [-0.2, 0) is 25.6 Å². The number of carbonyl (C=O) groups is 4. The number of fused-ring (bicyclic) bond motifs is 1. The first-order chi connectivity index (χ1) is 16.6. The zero-order valence-corrected chi connectivity index (χ0v) is 19.7. The predicted octanol–water partition coefficient (Wildman–Crippen LogP) is -1.39. The summed E-state index contributed by atoms with van der Waals surface area (Å²) in [6.45, 7) is 2.06. The molecule has 12 nitrogen and oxygen atoms in total. The van der Waals surface area contributed by atoms with Crippen LogP contribution < -0.4 is 21.7 Å². The highest BCUT2D eigenvalue weighted by Crippen LogP contribution is 2.19.